The SMILES string of the molecule is CCC(CC(=O)O)NC(=O)C(C)(CC)CN. The van der Waals surface area contributed by atoms with Crippen molar-refractivity contribution in [1.29, 1.82) is 0 Å². The zero-order valence-corrected chi connectivity index (χ0v) is 10.2. The molecule has 0 fully saturated rings. The van der Waals surface area contributed by atoms with Crippen LogP contribution in [-0.4, -0.2) is 29.6 Å². The number of aliphatic carboxylic acids is 1. The van der Waals surface area contributed by atoms with Gasteiger partial charge in [0.1, 0.15) is 0 Å². The third-order valence-corrected chi connectivity index (χ3v) is 3.03. The fraction of sp³-hybridized carbons (Fsp3) is 0.818. The van der Waals surface area contributed by atoms with E-state index in [1.54, 1.807) is 6.92 Å². The lowest BCUT2D eigenvalue weighted by atomic mass is 9.86. The lowest BCUT2D eigenvalue weighted by Crippen LogP contribution is -2.47. The molecule has 0 saturated carbocycles. The largest absolute Gasteiger partial charge is 0.481 e. The van der Waals surface area contributed by atoms with Crippen molar-refractivity contribution < 1.29 is 14.7 Å². The summed E-state index contributed by atoms with van der Waals surface area (Å²) in [5.41, 5.74) is 4.95. The maximum atomic E-state index is 11.9. The summed E-state index contributed by atoms with van der Waals surface area (Å²) in [6.07, 6.45) is 1.19. The highest BCUT2D eigenvalue weighted by Crippen LogP contribution is 2.19. The number of nitrogens with one attached hydrogen (secondary N) is 1. The average Bonchev–Trinajstić information content (AvgIpc) is 2.26. The van der Waals surface area contributed by atoms with Gasteiger partial charge in [0.05, 0.1) is 11.8 Å². The van der Waals surface area contributed by atoms with E-state index in [9.17, 15) is 9.59 Å². The van der Waals surface area contributed by atoms with Crippen LogP contribution in [0.2, 0.25) is 0 Å². The third kappa shape index (κ3) is 4.18. The van der Waals surface area contributed by atoms with Gasteiger partial charge in [-0.1, -0.05) is 13.8 Å². The van der Waals surface area contributed by atoms with Gasteiger partial charge in [-0.05, 0) is 19.8 Å². The second-order valence-electron chi connectivity index (χ2n) is 4.29. The van der Waals surface area contributed by atoms with Gasteiger partial charge in [0.15, 0.2) is 0 Å². The predicted molar refractivity (Wildman–Crippen MR) is 61.9 cm³/mol. The molecule has 5 heteroatoms. The highest BCUT2D eigenvalue weighted by molar-refractivity contribution is 5.83. The summed E-state index contributed by atoms with van der Waals surface area (Å²) in [5, 5.41) is 11.4. The molecule has 0 aliphatic rings. The minimum absolute atomic E-state index is 0.0490. The van der Waals surface area contributed by atoms with Crippen molar-refractivity contribution in [3.63, 3.8) is 0 Å². The molecule has 1 amide bonds. The molecule has 0 aromatic rings. The molecular formula is C11H22N2O3. The number of nitrogens with two attached hydrogens (primary N) is 1. The van der Waals surface area contributed by atoms with Gasteiger partial charge in [-0.25, -0.2) is 0 Å². The van der Waals surface area contributed by atoms with Gasteiger partial charge < -0.3 is 16.2 Å². The van der Waals surface area contributed by atoms with Crippen LogP contribution in [0.25, 0.3) is 0 Å². The Labute approximate surface area is 96.4 Å². The topological polar surface area (TPSA) is 92.4 Å². The standard InChI is InChI=1S/C11H22N2O3/c1-4-8(6-9(14)15)13-10(16)11(3,5-2)7-12/h8H,4-7,12H2,1-3H3,(H,13,16)(H,14,15). The van der Waals surface area contributed by atoms with Gasteiger partial charge in [-0.2, -0.15) is 0 Å². The first-order valence-corrected chi connectivity index (χ1v) is 5.62. The van der Waals surface area contributed by atoms with E-state index in [0.717, 1.165) is 0 Å². The molecule has 0 aliphatic heterocycles. The summed E-state index contributed by atoms with van der Waals surface area (Å²) in [4.78, 5) is 22.5. The van der Waals surface area contributed by atoms with E-state index in [-0.39, 0.29) is 24.9 Å². The number of carboxylic acids is 1. The van der Waals surface area contributed by atoms with Gasteiger partial charge in [0.2, 0.25) is 5.91 Å². The molecule has 0 spiro atoms. The summed E-state index contributed by atoms with van der Waals surface area (Å²) in [6.45, 7) is 5.79. The van der Waals surface area contributed by atoms with Crippen molar-refractivity contribution >= 4 is 11.9 Å². The first-order valence-electron chi connectivity index (χ1n) is 5.62. The Kier molecular flexibility index (Phi) is 6.03. The molecule has 2 unspecified atom stereocenters. The minimum Gasteiger partial charge on any atom is -0.481 e. The summed E-state index contributed by atoms with van der Waals surface area (Å²) >= 11 is 0. The zero-order chi connectivity index (χ0) is 12.8. The van der Waals surface area contributed by atoms with E-state index in [1.807, 2.05) is 13.8 Å². The molecule has 94 valence electrons. The van der Waals surface area contributed by atoms with E-state index >= 15 is 0 Å². The molecule has 4 N–H and O–H groups in total. The molecule has 0 bridgehead atoms. The van der Waals surface area contributed by atoms with Crippen LogP contribution in [0.4, 0.5) is 0 Å². The molecule has 16 heavy (non-hydrogen) atoms. The van der Waals surface area contributed by atoms with Crippen molar-refractivity contribution in [3.05, 3.63) is 0 Å². The van der Waals surface area contributed by atoms with Gasteiger partial charge in [-0.3, -0.25) is 9.59 Å². The summed E-state index contributed by atoms with van der Waals surface area (Å²) in [5.74, 6) is -1.07. The predicted octanol–water partition coefficient (Wildman–Crippen LogP) is 0.731. The number of hydrogen-bond acceptors (Lipinski definition) is 3. The number of hydrogen-bond donors (Lipinski definition) is 3. The van der Waals surface area contributed by atoms with Crippen molar-refractivity contribution in [2.75, 3.05) is 6.54 Å². The van der Waals surface area contributed by atoms with E-state index in [0.29, 0.717) is 12.8 Å². The number of carbonyl (C=O) groups excluding carboxylic acids is 1. The van der Waals surface area contributed by atoms with Crippen molar-refractivity contribution in [3.8, 4) is 0 Å². The Hall–Kier alpha value is -1.10. The van der Waals surface area contributed by atoms with Crippen LogP contribution < -0.4 is 11.1 Å². The van der Waals surface area contributed by atoms with Gasteiger partial charge in [0, 0.05) is 12.6 Å². The Bertz CT molecular complexity index is 250. The lowest BCUT2D eigenvalue weighted by molar-refractivity contribution is -0.138. The van der Waals surface area contributed by atoms with Crippen LogP contribution in [0, 0.1) is 5.41 Å². The quantitative estimate of drug-likeness (QED) is 0.601. The smallest absolute Gasteiger partial charge is 0.305 e. The molecule has 0 heterocycles. The zero-order valence-electron chi connectivity index (χ0n) is 10.2. The lowest BCUT2D eigenvalue weighted by Gasteiger charge is -2.27. The summed E-state index contributed by atoms with van der Waals surface area (Å²) < 4.78 is 0. The van der Waals surface area contributed by atoms with Crippen LogP contribution in [0.15, 0.2) is 0 Å². The molecule has 0 rings (SSSR count). The van der Waals surface area contributed by atoms with Crippen LogP contribution in [0.5, 0.6) is 0 Å². The number of rotatable bonds is 7. The molecule has 5 nitrogen and oxygen atoms in total. The van der Waals surface area contributed by atoms with Crippen molar-refractivity contribution in [2.45, 2.75) is 46.1 Å². The Balaban J connectivity index is 4.45. The average molecular weight is 230 g/mol. The summed E-state index contributed by atoms with van der Waals surface area (Å²) in [7, 11) is 0. The van der Waals surface area contributed by atoms with Crippen molar-refractivity contribution in [2.24, 2.45) is 11.1 Å². The Morgan fingerprint density at radius 1 is 1.44 bits per heavy atom. The van der Waals surface area contributed by atoms with Gasteiger partial charge in [-0.15, -0.1) is 0 Å². The molecule has 0 aromatic heterocycles. The van der Waals surface area contributed by atoms with E-state index < -0.39 is 11.4 Å². The fourth-order valence-corrected chi connectivity index (χ4v) is 1.27. The van der Waals surface area contributed by atoms with Crippen molar-refractivity contribution in [1.82, 2.24) is 5.32 Å². The monoisotopic (exact) mass is 230 g/mol. The van der Waals surface area contributed by atoms with Crippen LogP contribution in [0.3, 0.4) is 0 Å². The normalized spacial score (nSPS) is 16.2. The van der Waals surface area contributed by atoms with E-state index in [2.05, 4.69) is 5.32 Å². The molecule has 2 atom stereocenters. The molecular weight excluding hydrogens is 208 g/mol. The van der Waals surface area contributed by atoms with Crippen LogP contribution >= 0.6 is 0 Å². The van der Waals surface area contributed by atoms with Gasteiger partial charge >= 0.3 is 5.97 Å². The number of amides is 1. The van der Waals surface area contributed by atoms with E-state index in [4.69, 9.17) is 10.8 Å². The first-order chi connectivity index (χ1) is 7.39. The Morgan fingerprint density at radius 2 is 2.00 bits per heavy atom. The molecule has 0 radical (unpaired) electrons. The molecule has 0 aliphatic carbocycles. The van der Waals surface area contributed by atoms with E-state index in [1.165, 1.54) is 0 Å². The Morgan fingerprint density at radius 3 is 2.31 bits per heavy atom. The second kappa shape index (κ2) is 6.48. The maximum Gasteiger partial charge on any atom is 0.305 e. The number of carboxylic acid groups (broad SMARTS) is 1. The fourth-order valence-electron chi connectivity index (χ4n) is 1.27. The molecule has 0 saturated heterocycles. The highest BCUT2D eigenvalue weighted by atomic mass is 16.4. The maximum absolute atomic E-state index is 11.9. The second-order valence-corrected chi connectivity index (χ2v) is 4.29. The van der Waals surface area contributed by atoms with Crippen LogP contribution in [0.1, 0.15) is 40.0 Å². The third-order valence-electron chi connectivity index (χ3n) is 3.03. The van der Waals surface area contributed by atoms with Gasteiger partial charge in [0.25, 0.3) is 0 Å². The highest BCUT2D eigenvalue weighted by Gasteiger charge is 2.31. The number of carbonyl (C=O) groups is 2. The first kappa shape index (κ1) is 14.9. The van der Waals surface area contributed by atoms with Crippen LogP contribution in [-0.2, 0) is 9.59 Å². The summed E-state index contributed by atoms with van der Waals surface area (Å²) in [6, 6.07) is -0.317. The molecule has 0 aromatic carbocycles. The minimum atomic E-state index is -0.905.